The Morgan fingerprint density at radius 2 is 1.93 bits per heavy atom. The van der Waals surface area contributed by atoms with E-state index in [2.05, 4.69) is 27.6 Å². The molecule has 1 aromatic heterocycles. The number of ether oxygens (including phenoxy) is 1. The molecule has 0 radical (unpaired) electrons. The Balaban J connectivity index is 1.50. The van der Waals surface area contributed by atoms with Gasteiger partial charge in [0.2, 0.25) is 0 Å². The van der Waals surface area contributed by atoms with Crippen LogP contribution in [0.25, 0.3) is 11.0 Å². The Labute approximate surface area is 176 Å². The maximum Gasteiger partial charge on any atom is 0.315 e. The quantitative estimate of drug-likeness (QED) is 0.586. The van der Waals surface area contributed by atoms with Gasteiger partial charge >= 0.3 is 6.03 Å². The van der Waals surface area contributed by atoms with E-state index in [-0.39, 0.29) is 18.1 Å². The molecule has 158 valence electrons. The summed E-state index contributed by atoms with van der Waals surface area (Å²) in [6.45, 7) is 2.01. The predicted molar refractivity (Wildman–Crippen MR) is 118 cm³/mol. The highest BCUT2D eigenvalue weighted by molar-refractivity contribution is 5.76. The second-order valence-corrected chi connectivity index (χ2v) is 7.94. The first kappa shape index (κ1) is 20.2. The van der Waals surface area contributed by atoms with E-state index in [9.17, 15) is 4.79 Å². The third-order valence-electron chi connectivity index (χ3n) is 5.70. The molecular formula is C23H29N5O2. The maximum absolute atomic E-state index is 12.8. The van der Waals surface area contributed by atoms with Gasteiger partial charge in [-0.25, -0.2) is 9.78 Å². The van der Waals surface area contributed by atoms with Gasteiger partial charge in [-0.15, -0.1) is 0 Å². The molecule has 30 heavy (non-hydrogen) atoms. The molecule has 0 aliphatic carbocycles. The van der Waals surface area contributed by atoms with Crippen LogP contribution >= 0.6 is 0 Å². The number of likely N-dealkylation sites (tertiary alicyclic amines) is 1. The van der Waals surface area contributed by atoms with Crippen LogP contribution in [-0.4, -0.2) is 54.2 Å². The molecule has 2 amide bonds. The van der Waals surface area contributed by atoms with Crippen molar-refractivity contribution in [2.75, 3.05) is 27.2 Å². The molecule has 2 heterocycles. The minimum atomic E-state index is -0.267. The first-order valence-corrected chi connectivity index (χ1v) is 10.4. The van der Waals surface area contributed by atoms with Gasteiger partial charge in [0, 0.05) is 6.04 Å². The van der Waals surface area contributed by atoms with Gasteiger partial charge in [-0.3, -0.25) is 0 Å². The van der Waals surface area contributed by atoms with Gasteiger partial charge in [0.1, 0.15) is 11.6 Å². The van der Waals surface area contributed by atoms with Crippen LogP contribution in [0.5, 0.6) is 5.75 Å². The van der Waals surface area contributed by atoms with Crippen molar-refractivity contribution in [2.45, 2.75) is 31.3 Å². The van der Waals surface area contributed by atoms with Crippen molar-refractivity contribution in [3.63, 3.8) is 0 Å². The van der Waals surface area contributed by atoms with E-state index < -0.39 is 0 Å². The summed E-state index contributed by atoms with van der Waals surface area (Å²) < 4.78 is 5.25. The highest BCUT2D eigenvalue weighted by Gasteiger charge is 2.22. The number of nitrogens with zero attached hydrogens (tertiary/aromatic N) is 2. The number of hydrogen-bond donors (Lipinski definition) is 3. The fourth-order valence-electron chi connectivity index (χ4n) is 3.89. The van der Waals surface area contributed by atoms with Crippen LogP contribution in [0, 0.1) is 0 Å². The minimum Gasteiger partial charge on any atom is -0.497 e. The number of hydrogen-bond acceptors (Lipinski definition) is 4. The Morgan fingerprint density at radius 1 is 1.20 bits per heavy atom. The molecule has 1 unspecified atom stereocenters. The number of carbonyl (C=O) groups excluding carboxylic acids is 1. The number of fused-ring (bicyclic) bond motifs is 1. The van der Waals surface area contributed by atoms with Crippen molar-refractivity contribution in [3.8, 4) is 5.75 Å². The number of piperidine rings is 1. The fourth-order valence-corrected chi connectivity index (χ4v) is 3.89. The normalized spacial score (nSPS) is 16.3. The van der Waals surface area contributed by atoms with E-state index >= 15 is 0 Å². The molecule has 0 saturated carbocycles. The first-order chi connectivity index (χ1) is 14.6. The molecule has 7 heteroatoms. The van der Waals surface area contributed by atoms with Gasteiger partial charge in [0.05, 0.1) is 24.2 Å². The number of para-hydroxylation sites is 2. The van der Waals surface area contributed by atoms with Crippen LogP contribution in [0.4, 0.5) is 4.79 Å². The molecular weight excluding hydrogens is 378 g/mol. The van der Waals surface area contributed by atoms with Crippen LogP contribution < -0.4 is 15.4 Å². The zero-order valence-electron chi connectivity index (χ0n) is 17.5. The monoisotopic (exact) mass is 407 g/mol. The highest BCUT2D eigenvalue weighted by atomic mass is 16.5. The highest BCUT2D eigenvalue weighted by Crippen LogP contribution is 2.21. The molecule has 3 aromatic rings. The number of rotatable bonds is 6. The van der Waals surface area contributed by atoms with Gasteiger partial charge in [0.15, 0.2) is 0 Å². The minimum absolute atomic E-state index is 0.150. The standard InChI is InChI=1S/C23H29N5O2/c1-28-13-11-17(12-14-28)24-23(29)27-21(15-16-7-9-18(30-2)10-8-16)22-25-19-5-3-4-6-20(19)26-22/h3-10,17,21H,11-15H2,1-2H3,(H,25,26)(H2,24,27,29). The summed E-state index contributed by atoms with van der Waals surface area (Å²) in [5.74, 6) is 1.57. The second kappa shape index (κ2) is 9.17. The van der Waals surface area contributed by atoms with Crippen molar-refractivity contribution in [1.29, 1.82) is 0 Å². The summed E-state index contributed by atoms with van der Waals surface area (Å²) in [7, 11) is 3.77. The molecule has 7 nitrogen and oxygen atoms in total. The Morgan fingerprint density at radius 3 is 2.63 bits per heavy atom. The number of H-pyrrole nitrogens is 1. The lowest BCUT2D eigenvalue weighted by Crippen LogP contribution is -2.48. The zero-order valence-corrected chi connectivity index (χ0v) is 17.5. The number of imidazole rings is 1. The molecule has 1 fully saturated rings. The van der Waals surface area contributed by atoms with Crippen LogP contribution in [0.3, 0.4) is 0 Å². The summed E-state index contributed by atoms with van der Waals surface area (Å²) in [5.41, 5.74) is 2.95. The van der Waals surface area contributed by atoms with E-state index in [0.717, 1.165) is 54.1 Å². The van der Waals surface area contributed by atoms with Gasteiger partial charge in [-0.2, -0.15) is 0 Å². The van der Waals surface area contributed by atoms with Gasteiger partial charge in [0.25, 0.3) is 0 Å². The Bertz CT molecular complexity index is 944. The number of carbonyl (C=O) groups is 1. The molecule has 2 aromatic carbocycles. The van der Waals surface area contributed by atoms with Crippen LogP contribution in [0.15, 0.2) is 48.5 Å². The molecule has 0 bridgehead atoms. The molecule has 3 N–H and O–H groups in total. The molecule has 1 aliphatic rings. The van der Waals surface area contributed by atoms with E-state index in [1.165, 1.54) is 0 Å². The topological polar surface area (TPSA) is 82.3 Å². The average molecular weight is 408 g/mol. The summed E-state index contributed by atoms with van der Waals surface area (Å²) in [5, 5.41) is 6.28. The van der Waals surface area contributed by atoms with Crippen molar-refractivity contribution < 1.29 is 9.53 Å². The van der Waals surface area contributed by atoms with Gasteiger partial charge in [-0.1, -0.05) is 24.3 Å². The largest absolute Gasteiger partial charge is 0.497 e. The lowest BCUT2D eigenvalue weighted by Gasteiger charge is -2.30. The Kier molecular flexibility index (Phi) is 6.18. The zero-order chi connectivity index (χ0) is 20.9. The maximum atomic E-state index is 12.8. The van der Waals surface area contributed by atoms with Crippen molar-refractivity contribution in [3.05, 3.63) is 59.9 Å². The lowest BCUT2D eigenvalue weighted by atomic mass is 10.0. The van der Waals surface area contributed by atoms with Crippen molar-refractivity contribution >= 4 is 17.1 Å². The first-order valence-electron chi connectivity index (χ1n) is 10.4. The average Bonchev–Trinajstić information content (AvgIpc) is 3.20. The van der Waals surface area contributed by atoms with Crippen LogP contribution in [0.1, 0.15) is 30.3 Å². The fraction of sp³-hybridized carbons (Fsp3) is 0.391. The van der Waals surface area contributed by atoms with Gasteiger partial charge < -0.3 is 25.3 Å². The number of urea groups is 1. The number of aromatic nitrogens is 2. The van der Waals surface area contributed by atoms with Gasteiger partial charge in [-0.05, 0) is 69.2 Å². The van der Waals surface area contributed by atoms with E-state index in [4.69, 9.17) is 9.72 Å². The van der Waals surface area contributed by atoms with Crippen molar-refractivity contribution in [2.24, 2.45) is 0 Å². The predicted octanol–water partition coefficient (Wildman–Crippen LogP) is 3.25. The summed E-state index contributed by atoms with van der Waals surface area (Å²) >= 11 is 0. The third-order valence-corrected chi connectivity index (χ3v) is 5.70. The second-order valence-electron chi connectivity index (χ2n) is 7.94. The third kappa shape index (κ3) is 4.91. The summed E-state index contributed by atoms with van der Waals surface area (Å²) in [6, 6.07) is 15.6. The van der Waals surface area contributed by atoms with Crippen molar-refractivity contribution in [1.82, 2.24) is 25.5 Å². The van der Waals surface area contributed by atoms with E-state index in [1.54, 1.807) is 7.11 Å². The number of methoxy groups -OCH3 is 1. The smallest absolute Gasteiger partial charge is 0.315 e. The van der Waals surface area contributed by atoms with Crippen LogP contribution in [0.2, 0.25) is 0 Å². The van der Waals surface area contributed by atoms with E-state index in [0.29, 0.717) is 6.42 Å². The number of amides is 2. The molecule has 1 atom stereocenters. The molecule has 1 saturated heterocycles. The molecule has 1 aliphatic heterocycles. The van der Waals surface area contributed by atoms with E-state index in [1.807, 2.05) is 48.5 Å². The summed E-state index contributed by atoms with van der Waals surface area (Å²) in [6.07, 6.45) is 2.57. The summed E-state index contributed by atoms with van der Waals surface area (Å²) in [4.78, 5) is 23.2. The Hall–Kier alpha value is -3.06. The molecule has 4 rings (SSSR count). The van der Waals surface area contributed by atoms with Crippen LogP contribution in [-0.2, 0) is 6.42 Å². The molecule has 0 spiro atoms. The number of nitrogens with one attached hydrogen (secondary N) is 3. The SMILES string of the molecule is COc1ccc(CC(NC(=O)NC2CCN(C)CC2)c2nc3ccccc3[nH]2)cc1. The number of benzene rings is 2. The number of aromatic amines is 1. The lowest BCUT2D eigenvalue weighted by molar-refractivity contribution is 0.211.